The van der Waals surface area contributed by atoms with E-state index < -0.39 is 0 Å². The number of halogens is 1. The Hall–Kier alpha value is -3.77. The molecule has 0 aliphatic rings. The first-order chi connectivity index (χ1) is 14.7. The van der Waals surface area contributed by atoms with Gasteiger partial charge in [0, 0.05) is 22.0 Å². The fraction of sp³-hybridized carbons (Fsp3) is 0.0435. The predicted molar refractivity (Wildman–Crippen MR) is 118 cm³/mol. The zero-order chi connectivity index (χ0) is 20.5. The largest absolute Gasteiger partial charge is 0.497 e. The molecule has 5 rings (SSSR count). The van der Waals surface area contributed by atoms with Crippen molar-refractivity contribution in [1.82, 2.24) is 9.97 Å². The first-order valence-electron chi connectivity index (χ1n) is 9.32. The topological polar surface area (TPSA) is 75.4 Å². The fourth-order valence-corrected chi connectivity index (χ4v) is 3.42. The lowest BCUT2D eigenvalue weighted by atomic mass is 10.1. The zero-order valence-corrected chi connectivity index (χ0v) is 16.8. The molecule has 0 aliphatic heterocycles. The number of nitrogens with one attached hydrogen (secondary N) is 2. The van der Waals surface area contributed by atoms with Crippen molar-refractivity contribution in [2.24, 2.45) is 5.10 Å². The van der Waals surface area contributed by atoms with Crippen LogP contribution in [0, 0.1) is 0 Å². The number of benzene rings is 3. The van der Waals surface area contributed by atoms with Crippen LogP contribution in [0.2, 0.25) is 5.02 Å². The lowest BCUT2D eigenvalue weighted by Crippen LogP contribution is -2.08. The van der Waals surface area contributed by atoms with Gasteiger partial charge in [-0.3, -0.25) is 0 Å². The first-order valence-corrected chi connectivity index (χ1v) is 9.70. The van der Waals surface area contributed by atoms with Crippen molar-refractivity contribution >= 4 is 39.6 Å². The molecule has 0 bridgehead atoms. The van der Waals surface area contributed by atoms with Gasteiger partial charge in [0.15, 0.2) is 0 Å². The molecule has 148 valence electrons. The minimum absolute atomic E-state index is 0.554. The van der Waals surface area contributed by atoms with Crippen molar-refractivity contribution in [3.05, 3.63) is 83.2 Å². The molecule has 2 aromatic heterocycles. The van der Waals surface area contributed by atoms with Crippen LogP contribution < -0.4 is 15.5 Å². The Kier molecular flexibility index (Phi) is 4.61. The third kappa shape index (κ3) is 3.49. The summed E-state index contributed by atoms with van der Waals surface area (Å²) in [7, 11) is 1.64. The molecular weight excluding hydrogens is 400 g/mol. The number of methoxy groups -OCH3 is 1. The van der Waals surface area contributed by atoms with Crippen LogP contribution in [-0.2, 0) is 0 Å². The van der Waals surface area contributed by atoms with Crippen molar-refractivity contribution < 1.29 is 9.15 Å². The van der Waals surface area contributed by atoms with Crippen LogP contribution in [0.5, 0.6) is 5.75 Å². The van der Waals surface area contributed by atoms with Crippen LogP contribution in [0.25, 0.3) is 33.3 Å². The number of H-pyrrole nitrogens is 1. The number of para-hydroxylation sites is 2. The highest BCUT2D eigenvalue weighted by Gasteiger charge is 2.08. The van der Waals surface area contributed by atoms with Gasteiger partial charge in [-0.1, -0.05) is 23.7 Å². The Morgan fingerprint density at radius 2 is 1.87 bits per heavy atom. The molecule has 30 heavy (non-hydrogen) atoms. The zero-order valence-electron chi connectivity index (χ0n) is 16.0. The summed E-state index contributed by atoms with van der Waals surface area (Å²) in [4.78, 5) is 7.71. The second-order valence-electron chi connectivity index (χ2n) is 6.69. The van der Waals surface area contributed by atoms with Crippen molar-refractivity contribution in [1.29, 1.82) is 0 Å². The van der Waals surface area contributed by atoms with E-state index in [9.17, 15) is 0 Å². The number of ether oxygens (including phenoxy) is 1. The average molecular weight is 417 g/mol. The Bertz CT molecular complexity index is 1390. The number of aromatic amines is 1. The maximum atomic E-state index is 6.22. The SMILES string of the molecule is COc1ccc(-c2cc(=NNc3nc4ccccc4[nH]3)c3cc(Cl)ccc3o2)cc1. The van der Waals surface area contributed by atoms with Gasteiger partial charge in [0.25, 0.3) is 0 Å². The number of anilines is 1. The molecule has 0 aliphatic carbocycles. The van der Waals surface area contributed by atoms with Crippen molar-refractivity contribution in [2.45, 2.75) is 0 Å². The van der Waals surface area contributed by atoms with E-state index in [1.54, 1.807) is 13.2 Å². The number of rotatable bonds is 4. The van der Waals surface area contributed by atoms with Crippen molar-refractivity contribution in [2.75, 3.05) is 12.5 Å². The number of imidazole rings is 1. The molecule has 0 amide bonds. The summed E-state index contributed by atoms with van der Waals surface area (Å²) in [5, 5.41) is 6.66. The number of hydrogen-bond donors (Lipinski definition) is 2. The molecule has 5 aromatic rings. The first kappa shape index (κ1) is 18.3. The summed E-state index contributed by atoms with van der Waals surface area (Å²) < 4.78 is 11.3. The third-order valence-electron chi connectivity index (χ3n) is 4.75. The smallest absolute Gasteiger partial charge is 0.222 e. The van der Waals surface area contributed by atoms with Gasteiger partial charge in [0.05, 0.1) is 23.5 Å². The third-order valence-corrected chi connectivity index (χ3v) is 4.99. The Morgan fingerprint density at radius 3 is 2.67 bits per heavy atom. The van der Waals surface area contributed by atoms with Gasteiger partial charge >= 0.3 is 0 Å². The lowest BCUT2D eigenvalue weighted by molar-refractivity contribution is 0.415. The summed E-state index contributed by atoms with van der Waals surface area (Å²) in [6, 6.07) is 22.8. The molecular formula is C23H17ClN4O2. The van der Waals surface area contributed by atoms with E-state index in [0.29, 0.717) is 27.7 Å². The number of fused-ring (bicyclic) bond motifs is 2. The van der Waals surface area contributed by atoms with E-state index >= 15 is 0 Å². The van der Waals surface area contributed by atoms with Gasteiger partial charge in [-0.25, -0.2) is 10.4 Å². The van der Waals surface area contributed by atoms with Gasteiger partial charge in [0.2, 0.25) is 5.95 Å². The van der Waals surface area contributed by atoms with Crippen molar-refractivity contribution in [3.8, 4) is 17.1 Å². The quantitative estimate of drug-likeness (QED) is 0.376. The molecule has 0 fully saturated rings. The average Bonchev–Trinajstić information content (AvgIpc) is 3.20. The minimum atomic E-state index is 0.554. The molecule has 2 N–H and O–H groups in total. The van der Waals surface area contributed by atoms with Gasteiger partial charge in [-0.15, -0.1) is 0 Å². The second kappa shape index (κ2) is 7.57. The second-order valence-corrected chi connectivity index (χ2v) is 7.13. The normalized spacial score (nSPS) is 11.9. The Morgan fingerprint density at radius 1 is 1.03 bits per heavy atom. The number of nitrogens with zero attached hydrogens (tertiary/aromatic N) is 2. The van der Waals surface area contributed by atoms with Gasteiger partial charge in [-0.2, -0.15) is 5.10 Å². The monoisotopic (exact) mass is 416 g/mol. The maximum Gasteiger partial charge on any atom is 0.222 e. The molecule has 6 nitrogen and oxygen atoms in total. The number of aromatic nitrogens is 2. The highest BCUT2D eigenvalue weighted by molar-refractivity contribution is 6.31. The molecule has 0 radical (unpaired) electrons. The van der Waals surface area contributed by atoms with Gasteiger partial charge < -0.3 is 14.1 Å². The molecule has 3 aromatic carbocycles. The lowest BCUT2D eigenvalue weighted by Gasteiger charge is -2.06. The summed E-state index contributed by atoms with van der Waals surface area (Å²) in [5.74, 6) is 2.01. The van der Waals surface area contributed by atoms with E-state index in [4.69, 9.17) is 20.8 Å². The molecule has 0 atom stereocenters. The highest BCUT2D eigenvalue weighted by atomic mass is 35.5. The van der Waals surface area contributed by atoms with E-state index in [1.165, 1.54) is 0 Å². The fourth-order valence-electron chi connectivity index (χ4n) is 3.25. The Balaban J connectivity index is 1.62. The van der Waals surface area contributed by atoms with Crippen LogP contribution in [0.15, 0.2) is 82.3 Å². The molecule has 0 unspecified atom stereocenters. The standard InChI is InChI=1S/C23H17ClN4O2/c1-29-16-9-6-14(7-10-16)22-13-20(17-12-15(24)8-11-21(17)30-22)27-28-23-25-18-4-2-3-5-19(18)26-23/h2-13H,1H3,(H2,25,26,28). The van der Waals surface area contributed by atoms with Gasteiger partial charge in [0.1, 0.15) is 17.1 Å². The van der Waals surface area contributed by atoms with E-state index in [0.717, 1.165) is 27.7 Å². The maximum absolute atomic E-state index is 6.22. The molecule has 7 heteroatoms. The highest BCUT2D eigenvalue weighted by Crippen LogP contribution is 2.25. The van der Waals surface area contributed by atoms with E-state index in [1.807, 2.05) is 66.7 Å². The van der Waals surface area contributed by atoms with Crippen LogP contribution in [-0.4, -0.2) is 17.1 Å². The van der Waals surface area contributed by atoms with Crippen LogP contribution >= 0.6 is 11.6 Å². The molecule has 0 spiro atoms. The minimum Gasteiger partial charge on any atom is -0.497 e. The summed E-state index contributed by atoms with van der Waals surface area (Å²) in [6.45, 7) is 0. The summed E-state index contributed by atoms with van der Waals surface area (Å²) >= 11 is 6.22. The molecule has 2 heterocycles. The van der Waals surface area contributed by atoms with Crippen LogP contribution in [0.4, 0.5) is 5.95 Å². The van der Waals surface area contributed by atoms with Crippen LogP contribution in [0.3, 0.4) is 0 Å². The molecule has 0 saturated heterocycles. The number of hydrogen-bond acceptors (Lipinski definition) is 5. The van der Waals surface area contributed by atoms with E-state index in [-0.39, 0.29) is 0 Å². The predicted octanol–water partition coefficient (Wildman–Crippen LogP) is 5.57. The summed E-state index contributed by atoms with van der Waals surface area (Å²) in [5.41, 5.74) is 6.40. The Labute approximate surface area is 176 Å². The molecule has 0 saturated carbocycles. The summed E-state index contributed by atoms with van der Waals surface area (Å²) in [6.07, 6.45) is 0. The van der Waals surface area contributed by atoms with Crippen LogP contribution in [0.1, 0.15) is 0 Å². The van der Waals surface area contributed by atoms with Gasteiger partial charge in [-0.05, 0) is 54.6 Å². The van der Waals surface area contributed by atoms with E-state index in [2.05, 4.69) is 20.5 Å². The van der Waals surface area contributed by atoms with Crippen molar-refractivity contribution in [3.63, 3.8) is 0 Å².